The van der Waals surface area contributed by atoms with Crippen molar-refractivity contribution in [3.8, 4) is 34.2 Å². The monoisotopic (exact) mass is 713 g/mol. The summed E-state index contributed by atoms with van der Waals surface area (Å²) in [5, 5.41) is 28.5. The number of hydrogen-bond donors (Lipinski definition) is 3. The molecule has 9 rings (SSSR count). The van der Waals surface area contributed by atoms with Crippen molar-refractivity contribution in [2.45, 2.75) is 44.2 Å². The third-order valence-electron chi connectivity index (χ3n) is 10.8. The topological polar surface area (TPSA) is 136 Å². The fourth-order valence-electron chi connectivity index (χ4n) is 8.19. The van der Waals surface area contributed by atoms with Crippen molar-refractivity contribution in [2.75, 3.05) is 27.7 Å². The number of halogens is 2. The van der Waals surface area contributed by atoms with Crippen molar-refractivity contribution in [3.05, 3.63) is 89.2 Å². The first-order valence-electron chi connectivity index (χ1n) is 17.7. The normalized spacial score (nSPS) is 17.6. The Morgan fingerprint density at radius 2 is 1.87 bits per heavy atom. The van der Waals surface area contributed by atoms with Crippen LogP contribution in [0.5, 0.6) is 5.75 Å². The molecule has 4 aromatic carbocycles. The standard InChI is InChI=1S/C41H37F2N7O3/c1-45-41(53)28-17-23(10-11-30(28)42)36-38-40(50(39-24-18-31(39)46-20-24)32(47-38)12-13-33(52)49(2)3)29-16-22(8-6-14-44)34(35(43)37(29)48-36)27-19-25(51)15-21-7-4-5-9-26(21)27/h4-5,7,9-11,15-17,19,24,31,39,46,51H,6,8,12-13,18,20H2,1-3H3,(H,45,53). The van der Waals surface area contributed by atoms with Crippen LogP contribution in [0.3, 0.4) is 0 Å². The lowest BCUT2D eigenvalue weighted by Gasteiger charge is -2.37. The van der Waals surface area contributed by atoms with Crippen LogP contribution in [0.4, 0.5) is 8.78 Å². The predicted molar refractivity (Wildman–Crippen MR) is 198 cm³/mol. The van der Waals surface area contributed by atoms with E-state index < -0.39 is 17.5 Å². The molecule has 4 heterocycles. The molecule has 2 aliphatic heterocycles. The summed E-state index contributed by atoms with van der Waals surface area (Å²) in [6.45, 7) is 0.810. The highest BCUT2D eigenvalue weighted by Gasteiger charge is 2.49. The fourth-order valence-corrected chi connectivity index (χ4v) is 8.19. The molecule has 0 radical (unpaired) electrons. The Bertz CT molecular complexity index is 2530. The lowest BCUT2D eigenvalue weighted by molar-refractivity contribution is -0.128. The number of imidazole rings is 1. The van der Waals surface area contributed by atoms with Gasteiger partial charge in [0.15, 0.2) is 5.82 Å². The zero-order valence-electron chi connectivity index (χ0n) is 29.5. The van der Waals surface area contributed by atoms with E-state index in [-0.39, 0.29) is 65.3 Å². The number of nitriles is 1. The van der Waals surface area contributed by atoms with E-state index in [0.29, 0.717) is 62.0 Å². The number of pyridine rings is 1. The van der Waals surface area contributed by atoms with Crippen LogP contribution in [0.1, 0.15) is 47.1 Å². The van der Waals surface area contributed by atoms with Gasteiger partial charge in [-0.2, -0.15) is 5.26 Å². The number of hydrogen-bond acceptors (Lipinski definition) is 7. The number of phenols is 1. The van der Waals surface area contributed by atoms with Gasteiger partial charge >= 0.3 is 0 Å². The molecule has 2 bridgehead atoms. The van der Waals surface area contributed by atoms with Crippen LogP contribution < -0.4 is 10.6 Å². The molecule has 12 heteroatoms. The third-order valence-corrected chi connectivity index (χ3v) is 10.8. The van der Waals surface area contributed by atoms with Crippen molar-refractivity contribution in [1.82, 2.24) is 30.1 Å². The van der Waals surface area contributed by atoms with Crippen LogP contribution in [0.2, 0.25) is 0 Å². The smallest absolute Gasteiger partial charge is 0.254 e. The molecule has 0 spiro atoms. The van der Waals surface area contributed by atoms with Gasteiger partial charge in [0, 0.05) is 69.5 Å². The number of benzene rings is 4. The molecule has 1 aliphatic carbocycles. The average molecular weight is 714 g/mol. The zero-order chi connectivity index (χ0) is 37.1. The molecule has 2 saturated heterocycles. The highest BCUT2D eigenvalue weighted by molar-refractivity contribution is 6.11. The van der Waals surface area contributed by atoms with Crippen molar-refractivity contribution in [3.63, 3.8) is 0 Å². The molecule has 53 heavy (non-hydrogen) atoms. The van der Waals surface area contributed by atoms with E-state index in [1.807, 2.05) is 30.3 Å². The molecule has 2 amide bonds. The molecule has 3 fully saturated rings. The quantitative estimate of drug-likeness (QED) is 0.157. The zero-order valence-corrected chi connectivity index (χ0v) is 29.5. The van der Waals surface area contributed by atoms with Gasteiger partial charge in [0.25, 0.3) is 5.91 Å². The molecule has 3 N–H and O–H groups in total. The first-order chi connectivity index (χ1) is 25.6. The number of fused-ring (bicyclic) bond motifs is 5. The van der Waals surface area contributed by atoms with Gasteiger partial charge in [0.1, 0.15) is 28.4 Å². The summed E-state index contributed by atoms with van der Waals surface area (Å²) in [5.74, 6) is -1.16. The second kappa shape index (κ2) is 13.2. The van der Waals surface area contributed by atoms with Crippen LogP contribution in [-0.2, 0) is 17.6 Å². The predicted octanol–water partition coefficient (Wildman–Crippen LogP) is 6.42. The summed E-state index contributed by atoms with van der Waals surface area (Å²) < 4.78 is 34.9. The van der Waals surface area contributed by atoms with Gasteiger partial charge in [-0.1, -0.05) is 24.3 Å². The minimum atomic E-state index is -0.720. The molecule has 1 saturated carbocycles. The summed E-state index contributed by atoms with van der Waals surface area (Å²) in [6.07, 6.45) is 1.83. The van der Waals surface area contributed by atoms with Crippen molar-refractivity contribution >= 4 is 44.5 Å². The molecule has 2 aromatic heterocycles. The number of phenolic OH excluding ortho intramolecular Hbond substituents is 1. The molecule has 3 unspecified atom stereocenters. The number of aryl methyl sites for hydroxylation is 2. The number of nitrogens with one attached hydrogen (secondary N) is 2. The van der Waals surface area contributed by atoms with Gasteiger partial charge in [-0.05, 0) is 77.1 Å². The average Bonchev–Trinajstić information content (AvgIpc) is 3.89. The van der Waals surface area contributed by atoms with Gasteiger partial charge in [0.05, 0.1) is 28.9 Å². The maximum Gasteiger partial charge on any atom is 0.254 e. The van der Waals surface area contributed by atoms with Gasteiger partial charge in [-0.3, -0.25) is 9.59 Å². The molecule has 3 atom stereocenters. The lowest BCUT2D eigenvalue weighted by Crippen LogP contribution is -2.39. The minimum absolute atomic E-state index is 0.0159. The van der Waals surface area contributed by atoms with Crippen LogP contribution >= 0.6 is 0 Å². The van der Waals surface area contributed by atoms with Gasteiger partial charge in [-0.25, -0.2) is 18.7 Å². The summed E-state index contributed by atoms with van der Waals surface area (Å²) in [5.41, 5.74) is 2.75. The number of carbonyl (C=O) groups excluding carboxylic acids is 2. The Labute approximate surface area is 304 Å². The van der Waals surface area contributed by atoms with E-state index in [1.54, 1.807) is 20.2 Å². The molecular formula is C41H37F2N7O3. The van der Waals surface area contributed by atoms with Gasteiger partial charge < -0.3 is 25.2 Å². The Kier molecular flexibility index (Phi) is 8.54. The van der Waals surface area contributed by atoms with Crippen molar-refractivity contribution in [2.24, 2.45) is 5.92 Å². The molecular weight excluding hydrogens is 676 g/mol. The number of aromatic nitrogens is 3. The summed E-state index contributed by atoms with van der Waals surface area (Å²) in [7, 11) is 4.82. The summed E-state index contributed by atoms with van der Waals surface area (Å²) in [4.78, 5) is 37.2. The van der Waals surface area contributed by atoms with Crippen LogP contribution in [-0.4, -0.2) is 70.1 Å². The van der Waals surface area contributed by atoms with E-state index in [4.69, 9.17) is 9.97 Å². The maximum atomic E-state index is 17.8. The fraction of sp³-hybridized carbons (Fsp3) is 0.293. The summed E-state index contributed by atoms with van der Waals surface area (Å²) >= 11 is 0. The second-order valence-electron chi connectivity index (χ2n) is 14.1. The largest absolute Gasteiger partial charge is 0.508 e. The number of aromatic hydroxyl groups is 1. The van der Waals surface area contributed by atoms with E-state index in [9.17, 15) is 20.0 Å². The van der Waals surface area contributed by atoms with E-state index in [2.05, 4.69) is 21.3 Å². The lowest BCUT2D eigenvalue weighted by atomic mass is 9.79. The second-order valence-corrected chi connectivity index (χ2v) is 14.1. The number of nitrogens with zero attached hydrogens (tertiary/aromatic N) is 5. The first kappa shape index (κ1) is 34.2. The van der Waals surface area contributed by atoms with Crippen molar-refractivity contribution < 1.29 is 23.5 Å². The van der Waals surface area contributed by atoms with E-state index in [0.717, 1.165) is 13.0 Å². The van der Waals surface area contributed by atoms with Crippen LogP contribution in [0.25, 0.3) is 55.1 Å². The van der Waals surface area contributed by atoms with Gasteiger partial charge in [0.2, 0.25) is 5.91 Å². The first-order valence-corrected chi connectivity index (χ1v) is 17.7. The Morgan fingerprint density at radius 3 is 2.58 bits per heavy atom. The SMILES string of the molecule is CNC(=O)c1cc(-c2nc3c(F)c(-c4cc(O)cc5ccccc45)c(CCC#N)cc3c3c2nc(CCC(=O)N(C)C)n3C2C3CNC2C3)ccc1F. The molecule has 3 aliphatic rings. The van der Waals surface area contributed by atoms with Gasteiger partial charge in [-0.15, -0.1) is 0 Å². The van der Waals surface area contributed by atoms with Crippen LogP contribution in [0, 0.1) is 28.9 Å². The molecule has 6 aromatic rings. The Hall–Kier alpha value is -5.93. The highest BCUT2D eigenvalue weighted by atomic mass is 19.1. The Balaban J connectivity index is 1.50. The van der Waals surface area contributed by atoms with Crippen molar-refractivity contribution in [1.29, 1.82) is 5.26 Å². The number of amides is 2. The minimum Gasteiger partial charge on any atom is -0.508 e. The van der Waals surface area contributed by atoms with E-state index >= 15 is 8.78 Å². The highest BCUT2D eigenvalue weighted by Crippen LogP contribution is 2.49. The summed E-state index contributed by atoms with van der Waals surface area (Å²) in [6, 6.07) is 18.8. The third kappa shape index (κ3) is 5.63. The Morgan fingerprint density at radius 1 is 1.06 bits per heavy atom. The van der Waals surface area contributed by atoms with E-state index in [1.165, 1.54) is 36.2 Å². The maximum absolute atomic E-state index is 17.8. The number of carbonyl (C=O) groups is 2. The molecule has 268 valence electrons. The molecule has 10 nitrogen and oxygen atoms in total. The van der Waals surface area contributed by atoms with Crippen LogP contribution in [0.15, 0.2) is 60.7 Å². The number of rotatable bonds is 9.